The van der Waals surface area contributed by atoms with Gasteiger partial charge in [-0.1, -0.05) is 30.0 Å². The van der Waals surface area contributed by atoms with Gasteiger partial charge in [0.15, 0.2) is 5.78 Å². The number of rotatable bonds is 9. The second-order valence-corrected chi connectivity index (χ2v) is 10.4. The number of Topliss-reactive ketones (excluding diaryl/α,β-unsaturated/α-hetero) is 1. The number of thioether (sulfide) groups is 1. The molecule has 0 bridgehead atoms. The predicted octanol–water partition coefficient (Wildman–Crippen LogP) is 3.69. The van der Waals surface area contributed by atoms with Crippen molar-refractivity contribution in [2.75, 3.05) is 13.2 Å². The van der Waals surface area contributed by atoms with E-state index in [2.05, 4.69) is 0 Å². The Morgan fingerprint density at radius 3 is 2.74 bits per heavy atom. The van der Waals surface area contributed by atoms with Crippen LogP contribution in [0.5, 0.6) is 5.88 Å². The van der Waals surface area contributed by atoms with Gasteiger partial charge in [-0.05, 0) is 50.3 Å². The van der Waals surface area contributed by atoms with Crippen LogP contribution in [-0.2, 0) is 16.1 Å². The van der Waals surface area contributed by atoms with Crippen LogP contribution in [0.4, 0.5) is 0 Å². The largest absolute Gasteiger partial charge is 0.494 e. The first-order chi connectivity index (χ1) is 16.1. The van der Waals surface area contributed by atoms with E-state index in [0.717, 1.165) is 21.2 Å². The molecule has 178 valence electrons. The van der Waals surface area contributed by atoms with Crippen molar-refractivity contribution in [1.29, 1.82) is 5.26 Å². The quantitative estimate of drug-likeness (QED) is 0.232. The summed E-state index contributed by atoms with van der Waals surface area (Å²) in [5.41, 5.74) is -1.00. The van der Waals surface area contributed by atoms with Crippen molar-refractivity contribution in [3.63, 3.8) is 0 Å². The van der Waals surface area contributed by atoms with Gasteiger partial charge in [-0.2, -0.15) is 5.26 Å². The van der Waals surface area contributed by atoms with Crippen LogP contribution in [0.1, 0.15) is 46.6 Å². The van der Waals surface area contributed by atoms with Gasteiger partial charge < -0.3 is 9.84 Å². The molecule has 0 radical (unpaired) electrons. The minimum Gasteiger partial charge on any atom is -0.494 e. The Bertz CT molecular complexity index is 1260. The zero-order valence-electron chi connectivity index (χ0n) is 18.9. The number of thiophene rings is 1. The van der Waals surface area contributed by atoms with Gasteiger partial charge in [0.2, 0.25) is 5.88 Å². The Morgan fingerprint density at radius 2 is 2.12 bits per heavy atom. The summed E-state index contributed by atoms with van der Waals surface area (Å²) in [5, 5.41) is 22.2. The molecule has 1 aliphatic rings. The first-order valence-electron chi connectivity index (χ1n) is 10.5. The van der Waals surface area contributed by atoms with Crippen molar-refractivity contribution in [1.82, 2.24) is 9.47 Å². The summed E-state index contributed by atoms with van der Waals surface area (Å²) >= 11 is 7.87. The first kappa shape index (κ1) is 25.8. The minimum absolute atomic E-state index is 0.00797. The van der Waals surface area contributed by atoms with Crippen LogP contribution < -0.4 is 5.56 Å². The van der Waals surface area contributed by atoms with Gasteiger partial charge in [0, 0.05) is 18.0 Å². The molecule has 1 saturated heterocycles. The number of aromatic nitrogens is 1. The maximum atomic E-state index is 13.2. The average Bonchev–Trinajstić information content (AvgIpc) is 3.37. The topological polar surface area (TPSA) is 113 Å². The normalized spacial score (nSPS) is 14.9. The fraction of sp³-hybridized carbons (Fsp3) is 0.348. The molecule has 3 heterocycles. The zero-order valence-corrected chi connectivity index (χ0v) is 21.3. The van der Waals surface area contributed by atoms with Crippen molar-refractivity contribution in [2.45, 2.75) is 39.8 Å². The van der Waals surface area contributed by atoms with E-state index in [0.29, 0.717) is 17.9 Å². The van der Waals surface area contributed by atoms with E-state index >= 15 is 0 Å². The highest BCUT2D eigenvalue weighted by Gasteiger charge is 2.35. The number of amides is 1. The fourth-order valence-corrected chi connectivity index (χ4v) is 5.37. The van der Waals surface area contributed by atoms with E-state index in [1.165, 1.54) is 23.2 Å². The average molecular weight is 518 g/mol. The summed E-state index contributed by atoms with van der Waals surface area (Å²) in [6.45, 7) is 5.18. The summed E-state index contributed by atoms with van der Waals surface area (Å²) in [7, 11) is 0. The number of hydrogen-bond acceptors (Lipinski definition) is 9. The SMILES string of the molecule is Cc1c(C(=O)CN2C(=O)/C(=C/c3cccs3)SC2=S)c(O)n(CCCOC(C)C)c(=O)c1C#N. The molecule has 0 unspecified atom stereocenters. The standard InChI is InChI=1S/C23H23N3O5S3/c1-13(2)31-8-5-7-25-20(28)16(11-24)14(3)19(22(25)30)17(27)12-26-21(29)18(34-23(26)32)10-15-6-4-9-33-15/h4,6,9-10,13,30H,5,7-8,12H2,1-3H3/b18-10-. The molecule has 0 spiro atoms. The molecule has 0 aliphatic carbocycles. The number of nitrogens with zero attached hydrogens (tertiary/aromatic N) is 3. The smallest absolute Gasteiger partial charge is 0.271 e. The molecule has 8 nitrogen and oxygen atoms in total. The van der Waals surface area contributed by atoms with Gasteiger partial charge in [-0.3, -0.25) is 23.9 Å². The second-order valence-electron chi connectivity index (χ2n) is 7.75. The highest BCUT2D eigenvalue weighted by molar-refractivity contribution is 8.26. The number of nitriles is 1. The van der Waals surface area contributed by atoms with E-state index in [4.69, 9.17) is 17.0 Å². The highest BCUT2D eigenvalue weighted by Crippen LogP contribution is 2.34. The lowest BCUT2D eigenvalue weighted by Crippen LogP contribution is -2.35. The van der Waals surface area contributed by atoms with Crippen molar-refractivity contribution in [3.05, 3.63) is 54.3 Å². The molecule has 0 aromatic carbocycles. The monoisotopic (exact) mass is 517 g/mol. The maximum absolute atomic E-state index is 13.2. The molecular weight excluding hydrogens is 494 g/mol. The predicted molar refractivity (Wildman–Crippen MR) is 136 cm³/mol. The molecule has 0 saturated carbocycles. The molecular formula is C23H23N3O5S3. The molecule has 1 amide bonds. The summed E-state index contributed by atoms with van der Waals surface area (Å²) in [4.78, 5) is 41.3. The molecule has 3 rings (SSSR count). The number of carbonyl (C=O) groups is 2. The number of pyridine rings is 1. The number of ether oxygens (including phenoxy) is 1. The van der Waals surface area contributed by atoms with Crippen LogP contribution in [0.2, 0.25) is 0 Å². The zero-order chi connectivity index (χ0) is 25.0. The van der Waals surface area contributed by atoms with Crippen molar-refractivity contribution in [2.24, 2.45) is 0 Å². The van der Waals surface area contributed by atoms with Gasteiger partial charge in [-0.15, -0.1) is 11.3 Å². The third-order valence-electron chi connectivity index (χ3n) is 5.05. The van der Waals surface area contributed by atoms with Crippen molar-refractivity contribution in [3.8, 4) is 11.9 Å². The Labute approximate surface area is 210 Å². The molecule has 0 atom stereocenters. The van der Waals surface area contributed by atoms with Gasteiger partial charge in [0.25, 0.3) is 11.5 Å². The first-order valence-corrected chi connectivity index (χ1v) is 12.6. The van der Waals surface area contributed by atoms with Crippen molar-refractivity contribution < 1.29 is 19.4 Å². The lowest BCUT2D eigenvalue weighted by Gasteiger charge is -2.18. The Morgan fingerprint density at radius 1 is 1.38 bits per heavy atom. The van der Waals surface area contributed by atoms with E-state index in [1.54, 1.807) is 6.08 Å². The van der Waals surface area contributed by atoms with E-state index in [-0.39, 0.29) is 33.7 Å². The molecule has 1 N–H and O–H groups in total. The van der Waals surface area contributed by atoms with E-state index in [1.807, 2.05) is 37.4 Å². The van der Waals surface area contributed by atoms with Crippen LogP contribution in [0, 0.1) is 18.3 Å². The third-order valence-corrected chi connectivity index (χ3v) is 7.25. The fourth-order valence-electron chi connectivity index (χ4n) is 3.40. The van der Waals surface area contributed by atoms with E-state index < -0.39 is 29.7 Å². The minimum atomic E-state index is -0.678. The summed E-state index contributed by atoms with van der Waals surface area (Å²) in [5.74, 6) is -1.56. The van der Waals surface area contributed by atoms with Crippen molar-refractivity contribution >= 4 is 57.4 Å². The van der Waals surface area contributed by atoms with Crippen LogP contribution >= 0.6 is 35.3 Å². The Balaban J connectivity index is 1.88. The van der Waals surface area contributed by atoms with Crippen LogP contribution in [0.15, 0.2) is 27.2 Å². The second kappa shape index (κ2) is 11.1. The Kier molecular flexibility index (Phi) is 8.43. The lowest BCUT2D eigenvalue weighted by atomic mass is 10.0. The molecule has 1 fully saturated rings. The van der Waals surface area contributed by atoms with Crippen LogP contribution in [0.25, 0.3) is 6.08 Å². The number of aromatic hydroxyl groups is 1. The Hall–Kier alpha value is -2.78. The summed E-state index contributed by atoms with van der Waals surface area (Å²) in [6, 6.07) is 5.56. The number of hydrogen-bond donors (Lipinski definition) is 1. The van der Waals surface area contributed by atoms with Crippen LogP contribution in [-0.4, -0.2) is 49.8 Å². The van der Waals surface area contributed by atoms with Gasteiger partial charge in [-0.25, -0.2) is 0 Å². The number of thiocarbonyl (C=S) groups is 1. The van der Waals surface area contributed by atoms with Crippen LogP contribution in [0.3, 0.4) is 0 Å². The number of carbonyl (C=O) groups excluding carboxylic acids is 2. The molecule has 11 heteroatoms. The molecule has 2 aromatic heterocycles. The van der Waals surface area contributed by atoms with Gasteiger partial charge >= 0.3 is 0 Å². The lowest BCUT2D eigenvalue weighted by molar-refractivity contribution is -0.121. The molecule has 34 heavy (non-hydrogen) atoms. The third kappa shape index (κ3) is 5.47. The van der Waals surface area contributed by atoms with Gasteiger partial charge in [0.05, 0.1) is 23.1 Å². The maximum Gasteiger partial charge on any atom is 0.271 e. The van der Waals surface area contributed by atoms with E-state index in [9.17, 15) is 24.8 Å². The van der Waals surface area contributed by atoms with Gasteiger partial charge in [0.1, 0.15) is 16.0 Å². The number of ketones is 1. The molecule has 1 aliphatic heterocycles. The highest BCUT2D eigenvalue weighted by atomic mass is 32.2. The molecule has 2 aromatic rings. The summed E-state index contributed by atoms with van der Waals surface area (Å²) in [6.07, 6.45) is 2.12. The summed E-state index contributed by atoms with van der Waals surface area (Å²) < 4.78 is 6.69.